The molecule has 1 heterocycles. The summed E-state index contributed by atoms with van der Waals surface area (Å²) in [7, 11) is 0. The van der Waals surface area contributed by atoms with Gasteiger partial charge in [0.1, 0.15) is 12.4 Å². The van der Waals surface area contributed by atoms with Gasteiger partial charge < -0.3 is 4.74 Å². The van der Waals surface area contributed by atoms with Crippen molar-refractivity contribution in [3.63, 3.8) is 0 Å². The van der Waals surface area contributed by atoms with Crippen LogP contribution in [0.4, 0.5) is 11.4 Å². The van der Waals surface area contributed by atoms with Gasteiger partial charge >= 0.3 is 0 Å². The number of amides is 1. The summed E-state index contributed by atoms with van der Waals surface area (Å²) in [6.45, 7) is 2.04. The molecule has 7 nitrogen and oxygen atoms in total. The molecule has 0 spiro atoms. The lowest BCUT2D eigenvalue weighted by Gasteiger charge is -2.12. The molecule has 7 heteroatoms. The Labute approximate surface area is 179 Å². The predicted molar refractivity (Wildman–Crippen MR) is 119 cm³/mol. The molecule has 0 atom stereocenters. The molecule has 3 aromatic rings. The molecule has 0 unspecified atom stereocenters. The normalized spacial score (nSPS) is 14.6. The maximum Gasteiger partial charge on any atom is 0.280 e. The van der Waals surface area contributed by atoms with Gasteiger partial charge in [-0.05, 0) is 48.9 Å². The smallest absolute Gasteiger partial charge is 0.280 e. The second-order valence-electron chi connectivity index (χ2n) is 6.95. The number of anilines is 1. The van der Waals surface area contributed by atoms with E-state index in [2.05, 4.69) is 5.10 Å². The highest BCUT2D eigenvalue weighted by Crippen LogP contribution is 2.28. The summed E-state index contributed by atoms with van der Waals surface area (Å²) in [6.07, 6.45) is 1.77. The highest BCUT2D eigenvalue weighted by Gasteiger charge is 2.28. The highest BCUT2D eigenvalue weighted by molar-refractivity contribution is 6.32. The maximum absolute atomic E-state index is 12.9. The van der Waals surface area contributed by atoms with E-state index < -0.39 is 4.92 Å². The molecular weight excluding hydrogens is 394 g/mol. The number of nitro benzene ring substituents is 1. The van der Waals surface area contributed by atoms with E-state index in [4.69, 9.17) is 4.74 Å². The number of hydrazone groups is 1. The van der Waals surface area contributed by atoms with Gasteiger partial charge in [0, 0.05) is 17.7 Å². The number of carbonyl (C=O) groups excluding carboxylic acids is 1. The summed E-state index contributed by atoms with van der Waals surface area (Å²) in [5, 5.41) is 16.6. The third-order valence-corrected chi connectivity index (χ3v) is 4.82. The van der Waals surface area contributed by atoms with E-state index in [1.54, 1.807) is 25.1 Å². The zero-order valence-corrected chi connectivity index (χ0v) is 16.8. The molecule has 1 aliphatic heterocycles. The molecule has 31 heavy (non-hydrogen) atoms. The van der Waals surface area contributed by atoms with Crippen molar-refractivity contribution in [3.8, 4) is 5.75 Å². The summed E-state index contributed by atoms with van der Waals surface area (Å²) in [6, 6.07) is 22.9. The standard InChI is InChI=1S/C24H19N3O4/c1-17-22(24(28)26(25-17)20-8-3-2-4-9-20)15-19-7-5-6-10-23(19)31-16-18-11-13-21(14-12-18)27(29)30/h2-15H,16H2,1H3. The van der Waals surface area contributed by atoms with Gasteiger partial charge in [0.15, 0.2) is 0 Å². The third kappa shape index (κ3) is 4.35. The average Bonchev–Trinajstić information content (AvgIpc) is 3.07. The van der Waals surface area contributed by atoms with Crippen molar-refractivity contribution in [1.29, 1.82) is 0 Å². The van der Waals surface area contributed by atoms with Crippen LogP contribution in [0.1, 0.15) is 18.1 Å². The van der Waals surface area contributed by atoms with Gasteiger partial charge in [-0.15, -0.1) is 0 Å². The average molecular weight is 413 g/mol. The van der Waals surface area contributed by atoms with Crippen molar-refractivity contribution in [2.24, 2.45) is 5.10 Å². The number of carbonyl (C=O) groups is 1. The van der Waals surface area contributed by atoms with Crippen LogP contribution in [0.25, 0.3) is 6.08 Å². The quantitative estimate of drug-likeness (QED) is 0.324. The van der Waals surface area contributed by atoms with E-state index in [0.29, 0.717) is 22.7 Å². The molecule has 0 aromatic heterocycles. The Morgan fingerprint density at radius 3 is 2.39 bits per heavy atom. The number of hydrogen-bond donors (Lipinski definition) is 0. The van der Waals surface area contributed by atoms with Crippen molar-refractivity contribution in [1.82, 2.24) is 0 Å². The van der Waals surface area contributed by atoms with Crippen molar-refractivity contribution in [2.75, 3.05) is 5.01 Å². The van der Waals surface area contributed by atoms with Crippen LogP contribution in [-0.4, -0.2) is 16.5 Å². The zero-order chi connectivity index (χ0) is 21.8. The first kappa shape index (κ1) is 20.0. The fourth-order valence-electron chi connectivity index (χ4n) is 3.19. The SMILES string of the molecule is CC1=NN(c2ccccc2)C(=O)C1=Cc1ccccc1OCc1ccc([N+](=O)[O-])cc1. The number of nitrogens with zero attached hydrogens (tertiary/aromatic N) is 3. The second-order valence-corrected chi connectivity index (χ2v) is 6.95. The van der Waals surface area contributed by atoms with Gasteiger partial charge in [0.25, 0.3) is 11.6 Å². The molecule has 4 rings (SSSR count). The van der Waals surface area contributed by atoms with Crippen molar-refractivity contribution in [3.05, 3.63) is 106 Å². The van der Waals surface area contributed by atoms with Crippen LogP contribution < -0.4 is 9.75 Å². The molecule has 0 radical (unpaired) electrons. The van der Waals surface area contributed by atoms with Crippen LogP contribution in [0.3, 0.4) is 0 Å². The topological polar surface area (TPSA) is 85.0 Å². The Morgan fingerprint density at radius 1 is 1.00 bits per heavy atom. The Bertz CT molecular complexity index is 1180. The maximum atomic E-state index is 12.9. The summed E-state index contributed by atoms with van der Waals surface area (Å²) in [5.41, 5.74) is 3.41. The number of benzene rings is 3. The summed E-state index contributed by atoms with van der Waals surface area (Å²) in [5.74, 6) is 0.404. The molecule has 0 saturated carbocycles. The van der Waals surface area contributed by atoms with Crippen LogP contribution in [-0.2, 0) is 11.4 Å². The number of non-ortho nitro benzene ring substituents is 1. The molecule has 0 aliphatic carbocycles. The van der Waals surface area contributed by atoms with Gasteiger partial charge in [-0.3, -0.25) is 14.9 Å². The summed E-state index contributed by atoms with van der Waals surface area (Å²) in [4.78, 5) is 23.3. The van der Waals surface area contributed by atoms with Gasteiger partial charge in [-0.1, -0.05) is 36.4 Å². The molecule has 3 aromatic carbocycles. The number of rotatable bonds is 6. The fourth-order valence-corrected chi connectivity index (χ4v) is 3.19. The predicted octanol–water partition coefficient (Wildman–Crippen LogP) is 4.98. The molecule has 0 bridgehead atoms. The van der Waals surface area contributed by atoms with E-state index in [1.807, 2.05) is 54.6 Å². The first-order valence-corrected chi connectivity index (χ1v) is 9.65. The lowest BCUT2D eigenvalue weighted by Crippen LogP contribution is -2.21. The van der Waals surface area contributed by atoms with Gasteiger partial charge in [-0.2, -0.15) is 10.1 Å². The van der Waals surface area contributed by atoms with Crippen LogP contribution in [0.15, 0.2) is 89.5 Å². The minimum absolute atomic E-state index is 0.0337. The van der Waals surface area contributed by atoms with Gasteiger partial charge in [0.05, 0.1) is 21.9 Å². The van der Waals surface area contributed by atoms with Gasteiger partial charge in [-0.25, -0.2) is 0 Å². The van der Waals surface area contributed by atoms with E-state index >= 15 is 0 Å². The molecule has 154 valence electrons. The van der Waals surface area contributed by atoms with E-state index in [1.165, 1.54) is 17.1 Å². The number of para-hydroxylation sites is 2. The summed E-state index contributed by atoms with van der Waals surface area (Å²) >= 11 is 0. The third-order valence-electron chi connectivity index (χ3n) is 4.82. The first-order chi connectivity index (χ1) is 15.0. The largest absolute Gasteiger partial charge is 0.488 e. The minimum atomic E-state index is -0.437. The molecular formula is C24H19N3O4. The van der Waals surface area contributed by atoms with E-state index in [-0.39, 0.29) is 18.2 Å². The van der Waals surface area contributed by atoms with Crippen LogP contribution in [0.5, 0.6) is 5.75 Å². The summed E-state index contributed by atoms with van der Waals surface area (Å²) < 4.78 is 5.94. The number of nitro groups is 1. The van der Waals surface area contributed by atoms with Crippen LogP contribution >= 0.6 is 0 Å². The van der Waals surface area contributed by atoms with E-state index in [9.17, 15) is 14.9 Å². The Morgan fingerprint density at radius 2 is 1.68 bits per heavy atom. The molecule has 1 amide bonds. The zero-order valence-electron chi connectivity index (χ0n) is 16.8. The monoisotopic (exact) mass is 413 g/mol. The Balaban J connectivity index is 1.54. The Kier molecular flexibility index (Phi) is 5.57. The lowest BCUT2D eigenvalue weighted by atomic mass is 10.1. The van der Waals surface area contributed by atoms with Gasteiger partial charge in [0.2, 0.25) is 0 Å². The van der Waals surface area contributed by atoms with Crippen molar-refractivity contribution < 1.29 is 14.5 Å². The Hall–Kier alpha value is -4.26. The number of hydrogen-bond acceptors (Lipinski definition) is 5. The molecule has 0 fully saturated rings. The van der Waals surface area contributed by atoms with Crippen LogP contribution in [0, 0.1) is 10.1 Å². The van der Waals surface area contributed by atoms with Crippen LogP contribution in [0.2, 0.25) is 0 Å². The van der Waals surface area contributed by atoms with Crippen molar-refractivity contribution in [2.45, 2.75) is 13.5 Å². The fraction of sp³-hybridized carbons (Fsp3) is 0.0833. The first-order valence-electron chi connectivity index (χ1n) is 9.65. The number of ether oxygens (including phenoxy) is 1. The molecule has 0 saturated heterocycles. The van der Waals surface area contributed by atoms with Crippen molar-refractivity contribution >= 4 is 29.1 Å². The molecule has 0 N–H and O–H groups in total. The molecule has 1 aliphatic rings. The highest BCUT2D eigenvalue weighted by atomic mass is 16.6. The lowest BCUT2D eigenvalue weighted by molar-refractivity contribution is -0.384. The minimum Gasteiger partial charge on any atom is -0.488 e. The van der Waals surface area contributed by atoms with E-state index in [0.717, 1.165) is 11.1 Å². The second kappa shape index (κ2) is 8.62.